The first kappa shape index (κ1) is 10.7. The fourth-order valence-electron chi connectivity index (χ4n) is 0.684. The van der Waals surface area contributed by atoms with Crippen LogP contribution in [0.4, 0.5) is 5.69 Å². The summed E-state index contributed by atoms with van der Waals surface area (Å²) in [5.41, 5.74) is 0.908. The zero-order chi connectivity index (χ0) is 7.56. The topological polar surface area (TPSA) is 43.1 Å². The molecule has 0 bridgehead atoms. The number of rotatable bonds is 1. The van der Waals surface area contributed by atoms with Gasteiger partial charge >= 0.3 is 0 Å². The van der Waals surface area contributed by atoms with Gasteiger partial charge < -0.3 is 0 Å². The van der Waals surface area contributed by atoms with Crippen LogP contribution in [0.5, 0.6) is 0 Å². The van der Waals surface area contributed by atoms with Crippen molar-refractivity contribution in [2.45, 2.75) is 6.92 Å². The minimum Gasteiger partial charge on any atom is -0.260 e. The summed E-state index contributed by atoms with van der Waals surface area (Å²) in [5, 5.41) is 10.1. The molecule has 3 nitrogen and oxygen atoms in total. The normalized spacial score (nSPS) is 8.45. The fraction of sp³-hybridized carbons (Fsp3) is 0.143. The molecule has 4 heteroatoms. The summed E-state index contributed by atoms with van der Waals surface area (Å²) in [4.78, 5) is 9.73. The molecule has 0 spiro atoms. The van der Waals surface area contributed by atoms with E-state index in [4.69, 9.17) is 0 Å². The maximum absolute atomic E-state index is 10.1. The first-order valence-electron chi connectivity index (χ1n) is 2.83. The van der Waals surface area contributed by atoms with Crippen molar-refractivity contribution < 1.29 is 37.6 Å². The molecule has 0 saturated heterocycles. The molecule has 0 saturated carbocycles. The average Bonchev–Trinajstić information content (AvgIpc) is 1.88. The third-order valence-electron chi connectivity index (χ3n) is 1.14. The number of non-ortho nitro benzene ring substituents is 1. The predicted molar refractivity (Wildman–Crippen MR) is 36.7 cm³/mol. The van der Waals surface area contributed by atoms with Crippen molar-refractivity contribution in [3.8, 4) is 0 Å². The van der Waals surface area contributed by atoms with Gasteiger partial charge in [0, 0.05) is 37.6 Å². The number of nitro groups is 1. The van der Waals surface area contributed by atoms with Gasteiger partial charge in [-0.1, -0.05) is 19.1 Å². The van der Waals surface area contributed by atoms with Gasteiger partial charge in [-0.05, 0) is 0 Å². The summed E-state index contributed by atoms with van der Waals surface area (Å²) in [6.45, 7) is 1.77. The van der Waals surface area contributed by atoms with Gasteiger partial charge in [-0.25, -0.2) is 0 Å². The van der Waals surface area contributed by atoms with E-state index in [1.807, 2.05) is 0 Å². The van der Waals surface area contributed by atoms with E-state index in [0.29, 0.717) is 0 Å². The largest absolute Gasteiger partial charge is 0.260 e. The van der Waals surface area contributed by atoms with E-state index < -0.39 is 4.92 Å². The summed E-state index contributed by atoms with van der Waals surface area (Å²) in [7, 11) is 0. The third-order valence-corrected chi connectivity index (χ3v) is 1.14. The maximum atomic E-state index is 10.1. The summed E-state index contributed by atoms with van der Waals surface area (Å²) in [6.07, 6.45) is 0. The van der Waals surface area contributed by atoms with E-state index >= 15 is 0 Å². The Labute approximate surface area is 89.8 Å². The van der Waals surface area contributed by atoms with E-state index in [1.54, 1.807) is 13.0 Å². The second-order valence-corrected chi connectivity index (χ2v) is 1.99. The molecule has 11 heavy (non-hydrogen) atoms. The van der Waals surface area contributed by atoms with Gasteiger partial charge in [-0.15, -0.1) is 0 Å². The SMILES string of the molecule is Cc1[c-]ccc([N+](=O)[O-])c1.[Y]. The van der Waals surface area contributed by atoms with Crippen molar-refractivity contribution in [2.24, 2.45) is 0 Å². The third kappa shape index (κ3) is 3.08. The van der Waals surface area contributed by atoms with Crippen LogP contribution < -0.4 is 0 Å². The second-order valence-electron chi connectivity index (χ2n) is 1.99. The predicted octanol–water partition coefficient (Wildman–Crippen LogP) is 1.70. The molecule has 0 atom stereocenters. The molecule has 1 aromatic rings. The van der Waals surface area contributed by atoms with Crippen LogP contribution in [0.1, 0.15) is 5.56 Å². The molecule has 0 aromatic heterocycles. The van der Waals surface area contributed by atoms with Gasteiger partial charge in [-0.3, -0.25) is 10.1 Å². The molecule has 0 heterocycles. The standard InChI is InChI=1S/C7H6NO2.Y/c1-6-3-2-4-7(5-6)8(9)10;/h2,4-5H,1H3;/q-1;. The van der Waals surface area contributed by atoms with Gasteiger partial charge in [0.1, 0.15) is 0 Å². The Hall–Kier alpha value is -0.276. The summed E-state index contributed by atoms with van der Waals surface area (Å²) >= 11 is 0. The van der Waals surface area contributed by atoms with Gasteiger partial charge in [0.2, 0.25) is 0 Å². The van der Waals surface area contributed by atoms with Crippen LogP contribution in [0.2, 0.25) is 0 Å². The van der Waals surface area contributed by atoms with Crippen LogP contribution in [0.3, 0.4) is 0 Å². The molecule has 0 unspecified atom stereocenters. The summed E-state index contributed by atoms with van der Waals surface area (Å²) in [6, 6.07) is 7.28. The Kier molecular flexibility index (Phi) is 4.46. The maximum Gasteiger partial charge on any atom is 0.166 e. The van der Waals surface area contributed by atoms with Crippen molar-refractivity contribution in [1.29, 1.82) is 0 Å². The van der Waals surface area contributed by atoms with Gasteiger partial charge in [0.25, 0.3) is 0 Å². The summed E-state index contributed by atoms with van der Waals surface area (Å²) < 4.78 is 0. The number of aryl methyl sites for hydroxylation is 1. The van der Waals surface area contributed by atoms with Crippen molar-refractivity contribution in [3.63, 3.8) is 0 Å². The second kappa shape index (κ2) is 4.57. The number of hydrogen-bond acceptors (Lipinski definition) is 2. The van der Waals surface area contributed by atoms with E-state index in [0.717, 1.165) is 5.56 Å². The van der Waals surface area contributed by atoms with Crippen molar-refractivity contribution >= 4 is 5.69 Å². The van der Waals surface area contributed by atoms with Crippen LogP contribution in [-0.4, -0.2) is 4.92 Å². The monoisotopic (exact) mass is 225 g/mol. The molecule has 0 aliphatic rings. The molecular formula is C7H6NO2Y-. The fourth-order valence-corrected chi connectivity index (χ4v) is 0.684. The van der Waals surface area contributed by atoms with Crippen LogP contribution in [0, 0.1) is 23.1 Å². The van der Waals surface area contributed by atoms with Gasteiger partial charge in [-0.2, -0.15) is 17.7 Å². The zero-order valence-corrected chi connectivity index (χ0v) is 8.91. The average molecular weight is 225 g/mol. The number of hydrogen-bond donors (Lipinski definition) is 0. The van der Waals surface area contributed by atoms with Crippen molar-refractivity contribution in [1.82, 2.24) is 0 Å². The molecule has 1 aromatic carbocycles. The van der Waals surface area contributed by atoms with Crippen LogP contribution >= 0.6 is 0 Å². The smallest absolute Gasteiger partial charge is 0.166 e. The molecule has 0 aliphatic heterocycles. The summed E-state index contributed by atoms with van der Waals surface area (Å²) in [5.74, 6) is 0. The Balaban J connectivity index is 0.000001000. The minimum absolute atomic E-state index is 0. The van der Waals surface area contributed by atoms with E-state index in [9.17, 15) is 10.1 Å². The van der Waals surface area contributed by atoms with Crippen LogP contribution in [-0.2, 0) is 32.7 Å². The first-order valence-corrected chi connectivity index (χ1v) is 2.83. The number of benzene rings is 1. The quantitative estimate of drug-likeness (QED) is 0.414. The van der Waals surface area contributed by atoms with Crippen molar-refractivity contribution in [2.75, 3.05) is 0 Å². The number of nitrogens with zero attached hydrogens (tertiary/aromatic N) is 1. The van der Waals surface area contributed by atoms with E-state index in [2.05, 4.69) is 6.07 Å². The van der Waals surface area contributed by atoms with E-state index in [1.165, 1.54) is 12.1 Å². The van der Waals surface area contributed by atoms with Crippen LogP contribution in [0.15, 0.2) is 18.2 Å². The molecular weight excluding hydrogens is 219 g/mol. The van der Waals surface area contributed by atoms with Crippen molar-refractivity contribution in [3.05, 3.63) is 39.9 Å². The molecule has 55 valence electrons. The Morgan fingerprint density at radius 2 is 2.27 bits per heavy atom. The van der Waals surface area contributed by atoms with Gasteiger partial charge in [0.15, 0.2) is 5.69 Å². The molecule has 0 aliphatic carbocycles. The molecule has 0 amide bonds. The first-order chi connectivity index (χ1) is 4.70. The minimum atomic E-state index is -0.416. The Morgan fingerprint density at radius 1 is 1.64 bits per heavy atom. The Morgan fingerprint density at radius 3 is 2.64 bits per heavy atom. The Bertz CT molecular complexity index is 262. The van der Waals surface area contributed by atoms with Crippen LogP contribution in [0.25, 0.3) is 0 Å². The van der Waals surface area contributed by atoms with E-state index in [-0.39, 0.29) is 38.4 Å². The molecule has 1 rings (SSSR count). The molecule has 1 radical (unpaired) electrons. The molecule has 0 fully saturated rings. The number of nitro benzene ring substituents is 1. The van der Waals surface area contributed by atoms with Gasteiger partial charge in [0.05, 0.1) is 0 Å². The zero-order valence-electron chi connectivity index (χ0n) is 6.07. The molecule has 0 N–H and O–H groups in total.